The zero-order chi connectivity index (χ0) is 24.0. The lowest BCUT2D eigenvalue weighted by atomic mass is 9.63. The van der Waals surface area contributed by atoms with Crippen LogP contribution in [0.2, 0.25) is 0 Å². The number of para-hydroxylation sites is 2. The second-order valence-corrected chi connectivity index (χ2v) is 9.67. The van der Waals surface area contributed by atoms with Gasteiger partial charge in [0.15, 0.2) is 0 Å². The number of likely N-dealkylation sites (tertiary alicyclic amines) is 1. The number of carbonyl (C=O) groups excluding carboxylic acids is 1. The molecule has 1 aliphatic carbocycles. The predicted octanol–water partition coefficient (Wildman–Crippen LogP) is 5.25. The minimum atomic E-state index is -0.268. The molecule has 0 amide bonds. The third-order valence-electron chi connectivity index (χ3n) is 8.14. The number of hydrogen-bond acceptors (Lipinski definition) is 5. The quantitative estimate of drug-likeness (QED) is 0.521. The summed E-state index contributed by atoms with van der Waals surface area (Å²) >= 11 is 0. The fourth-order valence-electron chi connectivity index (χ4n) is 6.69. The van der Waals surface area contributed by atoms with Crippen molar-refractivity contribution in [2.75, 3.05) is 26.1 Å². The summed E-state index contributed by atoms with van der Waals surface area (Å²) in [7, 11) is 3.17. The molecule has 3 aliphatic rings. The highest BCUT2D eigenvalue weighted by Crippen LogP contribution is 2.60. The molecule has 1 saturated heterocycles. The van der Waals surface area contributed by atoms with Crippen molar-refractivity contribution in [2.45, 2.75) is 36.8 Å². The molecular weight excluding hydrogens is 436 g/mol. The Morgan fingerprint density at radius 2 is 1.74 bits per heavy atom. The van der Waals surface area contributed by atoms with Crippen LogP contribution in [0.3, 0.4) is 0 Å². The minimum Gasteiger partial charge on any atom is -0.496 e. The molecule has 0 unspecified atom stereocenters. The van der Waals surface area contributed by atoms with Crippen LogP contribution in [-0.4, -0.2) is 37.7 Å². The summed E-state index contributed by atoms with van der Waals surface area (Å²) in [6.07, 6.45) is 1.78. The maximum atomic E-state index is 13.4. The van der Waals surface area contributed by atoms with E-state index in [0.29, 0.717) is 0 Å². The monoisotopic (exact) mass is 466 g/mol. The topological polar surface area (TPSA) is 50.8 Å². The third kappa shape index (κ3) is 3.29. The number of nitrogens with zero attached hydrogens (tertiary/aromatic N) is 1. The van der Waals surface area contributed by atoms with Crippen LogP contribution in [0.4, 0.5) is 5.69 Å². The Labute approximate surface area is 206 Å². The molecule has 1 spiro atoms. The van der Waals surface area contributed by atoms with Gasteiger partial charge in [-0.15, -0.1) is 0 Å². The average Bonchev–Trinajstić information content (AvgIpc) is 3.44. The zero-order valence-electron chi connectivity index (χ0n) is 20.2. The van der Waals surface area contributed by atoms with Gasteiger partial charge in [-0.2, -0.15) is 0 Å². The molecule has 0 saturated carbocycles. The van der Waals surface area contributed by atoms with Gasteiger partial charge in [-0.05, 0) is 36.1 Å². The number of fused-ring (bicyclic) bond motifs is 1. The first kappa shape index (κ1) is 21.9. The van der Waals surface area contributed by atoms with Gasteiger partial charge in [0.25, 0.3) is 0 Å². The van der Waals surface area contributed by atoms with E-state index in [1.807, 2.05) is 18.2 Å². The number of methoxy groups -OCH3 is 2. The van der Waals surface area contributed by atoms with Gasteiger partial charge in [-0.3, -0.25) is 4.90 Å². The van der Waals surface area contributed by atoms with E-state index in [9.17, 15) is 4.79 Å². The SMILES string of the molecule is COC(=O)C1=C2Nc3ccccc3[C@@]23CCN(Cc2ccccc2)[C@H]3C[C@H]1c1ccccc1OC. The molecule has 35 heavy (non-hydrogen) atoms. The number of hydrogen-bond donors (Lipinski definition) is 1. The molecule has 0 bridgehead atoms. The Morgan fingerprint density at radius 1 is 1.00 bits per heavy atom. The van der Waals surface area contributed by atoms with Crippen LogP contribution in [-0.2, 0) is 21.5 Å². The molecule has 6 rings (SSSR count). The molecule has 2 aliphatic heterocycles. The van der Waals surface area contributed by atoms with Gasteiger partial charge in [-0.25, -0.2) is 4.79 Å². The van der Waals surface area contributed by atoms with E-state index in [-0.39, 0.29) is 23.3 Å². The summed E-state index contributed by atoms with van der Waals surface area (Å²) in [5, 5.41) is 3.70. The molecule has 178 valence electrons. The van der Waals surface area contributed by atoms with E-state index in [2.05, 4.69) is 70.9 Å². The van der Waals surface area contributed by atoms with Crippen LogP contribution in [0, 0.1) is 0 Å². The van der Waals surface area contributed by atoms with E-state index >= 15 is 0 Å². The van der Waals surface area contributed by atoms with E-state index < -0.39 is 0 Å². The molecule has 3 atom stereocenters. The van der Waals surface area contributed by atoms with Crippen LogP contribution in [0.25, 0.3) is 0 Å². The van der Waals surface area contributed by atoms with Crippen molar-refractivity contribution in [3.63, 3.8) is 0 Å². The lowest BCUT2D eigenvalue weighted by molar-refractivity contribution is -0.136. The maximum Gasteiger partial charge on any atom is 0.336 e. The second-order valence-electron chi connectivity index (χ2n) is 9.67. The number of benzene rings is 3. The number of carbonyl (C=O) groups is 1. The molecule has 3 aromatic rings. The largest absolute Gasteiger partial charge is 0.496 e. The summed E-state index contributed by atoms with van der Waals surface area (Å²) in [5.74, 6) is 0.399. The summed E-state index contributed by atoms with van der Waals surface area (Å²) in [6, 6.07) is 27.5. The number of anilines is 1. The van der Waals surface area contributed by atoms with Crippen molar-refractivity contribution in [1.29, 1.82) is 0 Å². The molecule has 2 heterocycles. The Kier molecular flexibility index (Phi) is 5.37. The highest BCUT2D eigenvalue weighted by molar-refractivity contribution is 5.94. The van der Waals surface area contributed by atoms with Crippen molar-refractivity contribution in [1.82, 2.24) is 4.90 Å². The zero-order valence-corrected chi connectivity index (χ0v) is 20.2. The van der Waals surface area contributed by atoms with Gasteiger partial charge in [-0.1, -0.05) is 66.7 Å². The van der Waals surface area contributed by atoms with E-state index in [4.69, 9.17) is 9.47 Å². The van der Waals surface area contributed by atoms with E-state index in [0.717, 1.165) is 54.2 Å². The molecule has 5 nitrogen and oxygen atoms in total. The van der Waals surface area contributed by atoms with Gasteiger partial charge in [0, 0.05) is 42.0 Å². The van der Waals surface area contributed by atoms with Gasteiger partial charge in [0.05, 0.1) is 25.2 Å². The lowest BCUT2D eigenvalue weighted by Crippen LogP contribution is -2.48. The third-order valence-corrected chi connectivity index (χ3v) is 8.14. The Hall–Kier alpha value is -3.57. The van der Waals surface area contributed by atoms with Crippen molar-refractivity contribution < 1.29 is 14.3 Å². The summed E-state index contributed by atoms with van der Waals surface area (Å²) < 4.78 is 11.2. The Morgan fingerprint density at radius 3 is 2.54 bits per heavy atom. The molecule has 1 N–H and O–H groups in total. The maximum absolute atomic E-state index is 13.4. The van der Waals surface area contributed by atoms with Crippen molar-refractivity contribution in [3.05, 3.63) is 107 Å². The molecule has 3 aromatic carbocycles. The summed E-state index contributed by atoms with van der Waals surface area (Å²) in [6.45, 7) is 1.85. The first-order valence-electron chi connectivity index (χ1n) is 12.3. The first-order valence-corrected chi connectivity index (χ1v) is 12.3. The van der Waals surface area contributed by atoms with E-state index in [1.54, 1.807) is 7.11 Å². The predicted molar refractivity (Wildman–Crippen MR) is 136 cm³/mol. The molecular formula is C30H30N2O3. The highest BCUT2D eigenvalue weighted by atomic mass is 16.5. The summed E-state index contributed by atoms with van der Waals surface area (Å²) in [5.41, 5.74) is 6.20. The first-order chi connectivity index (χ1) is 17.2. The number of ether oxygens (including phenoxy) is 2. The van der Waals surface area contributed by atoms with Gasteiger partial charge in [0.1, 0.15) is 5.75 Å². The fraction of sp³-hybridized carbons (Fsp3) is 0.300. The van der Waals surface area contributed by atoms with Crippen LogP contribution < -0.4 is 10.1 Å². The molecule has 0 radical (unpaired) electrons. The minimum absolute atomic E-state index is 0.134. The molecule has 0 aromatic heterocycles. The standard InChI is InChI=1S/C30H30N2O3/c1-34-25-15-9-6-12-21(25)22-18-26-30(16-17-32(26)19-20-10-4-3-5-11-20)23-13-7-8-14-24(23)31-28(30)27(22)29(33)35-2/h3-15,22,26,31H,16-19H2,1-2H3/t22-,26-,30+/m0/s1. The number of rotatable bonds is 5. The molecule has 5 heteroatoms. The normalized spacial score (nSPS) is 24.9. The number of nitrogens with one attached hydrogen (secondary N) is 1. The van der Waals surface area contributed by atoms with Gasteiger partial charge >= 0.3 is 5.97 Å². The van der Waals surface area contributed by atoms with Gasteiger partial charge < -0.3 is 14.8 Å². The van der Waals surface area contributed by atoms with Crippen molar-refractivity contribution in [2.24, 2.45) is 0 Å². The van der Waals surface area contributed by atoms with Crippen molar-refractivity contribution in [3.8, 4) is 5.75 Å². The van der Waals surface area contributed by atoms with Gasteiger partial charge in [0.2, 0.25) is 0 Å². The highest BCUT2D eigenvalue weighted by Gasteiger charge is 2.60. The van der Waals surface area contributed by atoms with Crippen LogP contribution in [0.5, 0.6) is 5.75 Å². The van der Waals surface area contributed by atoms with Crippen LogP contribution in [0.1, 0.15) is 35.4 Å². The average molecular weight is 467 g/mol. The van der Waals surface area contributed by atoms with E-state index in [1.165, 1.54) is 18.2 Å². The Balaban J connectivity index is 1.55. The van der Waals surface area contributed by atoms with Crippen LogP contribution >= 0.6 is 0 Å². The number of esters is 1. The molecule has 1 fully saturated rings. The summed E-state index contributed by atoms with van der Waals surface area (Å²) in [4.78, 5) is 16.0. The Bertz CT molecular complexity index is 1300. The van der Waals surface area contributed by atoms with Crippen molar-refractivity contribution >= 4 is 11.7 Å². The second kappa shape index (κ2) is 8.58. The smallest absolute Gasteiger partial charge is 0.336 e. The fourth-order valence-corrected chi connectivity index (χ4v) is 6.69. The van der Waals surface area contributed by atoms with Crippen LogP contribution in [0.15, 0.2) is 90.1 Å². The lowest BCUT2D eigenvalue weighted by Gasteiger charge is -2.44.